The summed E-state index contributed by atoms with van der Waals surface area (Å²) in [6, 6.07) is 3.44. The first-order valence-electron chi connectivity index (χ1n) is 11.3. The summed E-state index contributed by atoms with van der Waals surface area (Å²) in [5.74, 6) is -4.15. The van der Waals surface area contributed by atoms with Gasteiger partial charge in [-0.25, -0.2) is 18.6 Å². The molecular formula is C22H27F5N4O4S. The van der Waals surface area contributed by atoms with Gasteiger partial charge in [-0.1, -0.05) is 12.8 Å². The lowest BCUT2D eigenvalue weighted by Gasteiger charge is -2.32. The Morgan fingerprint density at radius 2 is 1.97 bits per heavy atom. The molecule has 200 valence electrons. The Morgan fingerprint density at radius 1 is 1.31 bits per heavy atom. The number of halogens is 5. The van der Waals surface area contributed by atoms with E-state index in [1.807, 2.05) is 0 Å². The quantitative estimate of drug-likeness (QED) is 0.405. The summed E-state index contributed by atoms with van der Waals surface area (Å²) in [6.07, 6.45) is 0.292. The van der Waals surface area contributed by atoms with E-state index < -0.39 is 29.4 Å². The number of aliphatic carboxylic acids is 1. The molecule has 0 spiro atoms. The van der Waals surface area contributed by atoms with Crippen molar-refractivity contribution >= 4 is 34.3 Å². The normalized spacial score (nSPS) is 22.8. The molecule has 36 heavy (non-hydrogen) atoms. The zero-order valence-electron chi connectivity index (χ0n) is 19.2. The molecule has 1 saturated heterocycles. The molecule has 0 amide bonds. The molecule has 0 bridgehead atoms. The van der Waals surface area contributed by atoms with Crippen LogP contribution >= 0.6 is 11.8 Å². The number of aromatic amines is 1. The van der Waals surface area contributed by atoms with Crippen LogP contribution in [-0.4, -0.2) is 57.5 Å². The molecule has 2 aliphatic rings. The molecule has 1 aromatic heterocycles. The second-order valence-electron chi connectivity index (χ2n) is 8.66. The van der Waals surface area contributed by atoms with Gasteiger partial charge in [0, 0.05) is 23.4 Å². The van der Waals surface area contributed by atoms with E-state index >= 15 is 0 Å². The van der Waals surface area contributed by atoms with E-state index in [0.29, 0.717) is 35.2 Å². The average Bonchev–Trinajstić information content (AvgIpc) is 3.31. The molecule has 1 aliphatic carbocycles. The van der Waals surface area contributed by atoms with Crippen LogP contribution in [0.4, 0.5) is 27.6 Å². The maximum Gasteiger partial charge on any atom is 0.490 e. The largest absolute Gasteiger partial charge is 0.490 e. The van der Waals surface area contributed by atoms with E-state index in [-0.39, 0.29) is 30.2 Å². The minimum absolute atomic E-state index is 0.0260. The van der Waals surface area contributed by atoms with Crippen LogP contribution in [0.1, 0.15) is 44.3 Å². The van der Waals surface area contributed by atoms with Crippen LogP contribution < -0.4 is 16.6 Å². The number of nitrogens with two attached hydrogens (primary N) is 1. The summed E-state index contributed by atoms with van der Waals surface area (Å²) in [7, 11) is 0. The number of hydrogen-bond acceptors (Lipinski definition) is 7. The average molecular weight is 539 g/mol. The van der Waals surface area contributed by atoms with Crippen molar-refractivity contribution in [1.82, 2.24) is 9.97 Å². The van der Waals surface area contributed by atoms with Gasteiger partial charge in [-0.2, -0.15) is 13.2 Å². The molecule has 14 heteroatoms. The molecule has 2 atom stereocenters. The molecule has 1 aliphatic heterocycles. The standard InChI is InChI=1S/C20H26F2N4O2S.C2HF3O2/c21-15-7-13(24-12-3-1-2-4-12)8-16-18(15)19(27)26-17(25-16)10-29-14-5-6-20(22,11-23)28-9-14;3-2(4,5)1(6)7/h7-8,12,14,24H,1-6,9-11,23H2,(H,25,26,27);(H,6,7)/t14-,20+;/m0./s1. The van der Waals surface area contributed by atoms with Crippen LogP contribution in [0, 0.1) is 5.82 Å². The van der Waals surface area contributed by atoms with E-state index in [0.717, 1.165) is 12.8 Å². The van der Waals surface area contributed by atoms with Crippen molar-refractivity contribution in [3.8, 4) is 0 Å². The molecule has 0 unspecified atom stereocenters. The van der Waals surface area contributed by atoms with Crippen molar-refractivity contribution in [2.75, 3.05) is 18.5 Å². The van der Waals surface area contributed by atoms with Crippen LogP contribution in [0.3, 0.4) is 0 Å². The van der Waals surface area contributed by atoms with Gasteiger partial charge >= 0.3 is 12.1 Å². The van der Waals surface area contributed by atoms with E-state index in [1.165, 1.54) is 30.7 Å². The van der Waals surface area contributed by atoms with Crippen molar-refractivity contribution in [2.45, 2.75) is 67.6 Å². The van der Waals surface area contributed by atoms with Gasteiger partial charge < -0.3 is 25.9 Å². The van der Waals surface area contributed by atoms with Gasteiger partial charge in [0.1, 0.15) is 17.0 Å². The number of alkyl halides is 4. The van der Waals surface area contributed by atoms with E-state index in [2.05, 4.69) is 15.3 Å². The number of carboxylic acids is 1. The molecule has 0 radical (unpaired) electrons. The highest BCUT2D eigenvalue weighted by Crippen LogP contribution is 2.32. The van der Waals surface area contributed by atoms with Crippen molar-refractivity contribution in [1.29, 1.82) is 0 Å². The summed E-state index contributed by atoms with van der Waals surface area (Å²) < 4.78 is 65.5. The Kier molecular flexibility index (Phi) is 9.17. The first-order chi connectivity index (χ1) is 16.9. The number of hydrogen-bond donors (Lipinski definition) is 4. The van der Waals surface area contributed by atoms with Crippen molar-refractivity contribution in [3.05, 3.63) is 34.1 Å². The zero-order chi connectivity index (χ0) is 26.5. The third-order valence-electron chi connectivity index (χ3n) is 5.91. The molecule has 1 saturated carbocycles. The number of thioether (sulfide) groups is 1. The molecule has 4 rings (SSSR count). The first-order valence-corrected chi connectivity index (χ1v) is 12.4. The smallest absolute Gasteiger partial charge is 0.475 e. The summed E-state index contributed by atoms with van der Waals surface area (Å²) in [5.41, 5.74) is 5.91. The number of carbonyl (C=O) groups is 1. The first kappa shape index (κ1) is 28.1. The maximum absolute atomic E-state index is 14.5. The molecule has 2 fully saturated rings. The number of nitrogens with zero attached hydrogens (tertiary/aromatic N) is 1. The fraction of sp³-hybridized carbons (Fsp3) is 0.591. The highest BCUT2D eigenvalue weighted by Gasteiger charge is 2.38. The summed E-state index contributed by atoms with van der Waals surface area (Å²) in [6.45, 7) is 0.118. The molecular weight excluding hydrogens is 511 g/mol. The van der Waals surface area contributed by atoms with Gasteiger partial charge in [-0.3, -0.25) is 4.79 Å². The summed E-state index contributed by atoms with van der Waals surface area (Å²) in [5, 5.41) is 10.5. The van der Waals surface area contributed by atoms with Crippen molar-refractivity contribution in [3.63, 3.8) is 0 Å². The number of carboxylic acid groups (broad SMARTS) is 1. The van der Waals surface area contributed by atoms with Crippen LogP contribution in [0.15, 0.2) is 16.9 Å². The van der Waals surface area contributed by atoms with Gasteiger partial charge in [0.05, 0.1) is 24.4 Å². The number of fused-ring (bicyclic) bond motifs is 1. The Labute approximate surface area is 207 Å². The lowest BCUT2D eigenvalue weighted by atomic mass is 10.1. The number of ether oxygens (including phenoxy) is 1. The van der Waals surface area contributed by atoms with Gasteiger partial charge in [0.25, 0.3) is 5.56 Å². The summed E-state index contributed by atoms with van der Waals surface area (Å²) >= 11 is 1.54. The number of nitrogens with one attached hydrogen (secondary N) is 2. The minimum atomic E-state index is -5.08. The lowest BCUT2D eigenvalue weighted by molar-refractivity contribution is -0.192. The number of anilines is 1. The second-order valence-corrected chi connectivity index (χ2v) is 9.95. The molecule has 2 heterocycles. The Bertz CT molecular complexity index is 1120. The van der Waals surface area contributed by atoms with Crippen molar-refractivity contribution < 1.29 is 36.6 Å². The minimum Gasteiger partial charge on any atom is -0.475 e. The highest BCUT2D eigenvalue weighted by atomic mass is 32.2. The summed E-state index contributed by atoms with van der Waals surface area (Å²) in [4.78, 5) is 28.4. The van der Waals surface area contributed by atoms with Crippen LogP contribution in [0.5, 0.6) is 0 Å². The topological polar surface area (TPSA) is 130 Å². The number of rotatable bonds is 6. The maximum atomic E-state index is 14.5. The number of aromatic nitrogens is 2. The molecule has 5 N–H and O–H groups in total. The fourth-order valence-corrected chi connectivity index (χ4v) is 4.97. The third-order valence-corrected chi connectivity index (χ3v) is 7.19. The predicted octanol–water partition coefficient (Wildman–Crippen LogP) is 4.09. The number of H-pyrrole nitrogens is 1. The predicted molar refractivity (Wildman–Crippen MR) is 125 cm³/mol. The van der Waals surface area contributed by atoms with Crippen LogP contribution in [0.2, 0.25) is 0 Å². The van der Waals surface area contributed by atoms with Crippen LogP contribution in [0.25, 0.3) is 10.9 Å². The zero-order valence-corrected chi connectivity index (χ0v) is 20.0. The van der Waals surface area contributed by atoms with Gasteiger partial charge in [0.15, 0.2) is 0 Å². The van der Waals surface area contributed by atoms with Gasteiger partial charge in [0.2, 0.25) is 5.85 Å². The van der Waals surface area contributed by atoms with E-state index in [1.54, 1.807) is 6.07 Å². The monoisotopic (exact) mass is 538 g/mol. The molecule has 1 aromatic carbocycles. The second kappa shape index (κ2) is 11.7. The Hall–Kier alpha value is -2.45. The third kappa shape index (κ3) is 7.53. The lowest BCUT2D eigenvalue weighted by Crippen LogP contribution is -2.42. The molecule has 8 nitrogen and oxygen atoms in total. The number of benzene rings is 1. The van der Waals surface area contributed by atoms with E-state index in [9.17, 15) is 26.7 Å². The van der Waals surface area contributed by atoms with Gasteiger partial charge in [-0.15, -0.1) is 11.8 Å². The Morgan fingerprint density at radius 3 is 2.53 bits per heavy atom. The molecule has 2 aromatic rings. The SMILES string of the molecule is NC[C@@]1(F)CC[C@H](SCc2nc3cc(NC4CCCC4)cc(F)c3c(=O)[nH]2)CO1.O=C(O)C(F)(F)F. The fourth-order valence-electron chi connectivity index (χ4n) is 3.99. The van der Waals surface area contributed by atoms with Gasteiger partial charge in [-0.05, 0) is 31.4 Å². The highest BCUT2D eigenvalue weighted by molar-refractivity contribution is 7.99. The Balaban J connectivity index is 0.000000454. The van der Waals surface area contributed by atoms with Crippen LogP contribution in [-0.2, 0) is 15.3 Å². The van der Waals surface area contributed by atoms with E-state index in [4.69, 9.17) is 20.4 Å². The van der Waals surface area contributed by atoms with Crippen molar-refractivity contribution in [2.24, 2.45) is 5.73 Å².